The van der Waals surface area contributed by atoms with E-state index in [4.69, 9.17) is 47.4 Å². The molecule has 490 valence electrons. The Morgan fingerprint density at radius 3 is 1.53 bits per heavy atom. The lowest BCUT2D eigenvalue weighted by atomic mass is 9.76. The number of allylic oxidation sites excluding steroid dienone is 4. The van der Waals surface area contributed by atoms with Crippen LogP contribution in [0.25, 0.3) is 21.5 Å². The molecule has 3 aliphatic rings. The summed E-state index contributed by atoms with van der Waals surface area (Å²) in [6.45, 7) is 9.02. The number of methoxy groups -OCH3 is 2. The van der Waals surface area contributed by atoms with Crippen LogP contribution in [-0.2, 0) is 113 Å². The van der Waals surface area contributed by atoms with Gasteiger partial charge in [-0.1, -0.05) is 12.1 Å². The molecule has 7 rings (SSSR count). The van der Waals surface area contributed by atoms with Crippen molar-refractivity contribution in [3.05, 3.63) is 83.6 Å². The Bertz CT molecular complexity index is 3810. The van der Waals surface area contributed by atoms with Crippen LogP contribution in [0.1, 0.15) is 57.6 Å². The zero-order valence-corrected chi connectivity index (χ0v) is 53.1. The Hall–Kier alpha value is -5.56. The molecule has 0 radical (unpaired) electrons. The number of ketones is 2. The molecule has 0 spiro atoms. The number of fused-ring (bicyclic) bond motifs is 6. The Labute approximate surface area is 516 Å². The van der Waals surface area contributed by atoms with Gasteiger partial charge in [-0.15, -0.1) is 0 Å². The Morgan fingerprint density at radius 1 is 0.573 bits per heavy atom. The summed E-state index contributed by atoms with van der Waals surface area (Å²) in [5, 5.41) is 0.109. The molecule has 1 saturated carbocycles. The second-order valence-corrected chi connectivity index (χ2v) is 27.1. The molecule has 0 amide bonds. The van der Waals surface area contributed by atoms with Crippen molar-refractivity contribution in [2.24, 2.45) is 0 Å². The van der Waals surface area contributed by atoms with Gasteiger partial charge in [-0.05, 0) is 86.0 Å². The van der Waals surface area contributed by atoms with Crippen molar-refractivity contribution in [2.45, 2.75) is 83.0 Å². The Balaban J connectivity index is 1.17. The maximum atomic E-state index is 13.0. The van der Waals surface area contributed by atoms with E-state index in [-0.39, 0.29) is 140 Å². The minimum Gasteiger partial charge on any atom is -0.446 e. The lowest BCUT2D eigenvalue weighted by Gasteiger charge is -2.31. The molecule has 89 heavy (non-hydrogen) atoms. The van der Waals surface area contributed by atoms with Gasteiger partial charge in [-0.2, -0.15) is 38.2 Å². The van der Waals surface area contributed by atoms with E-state index >= 15 is 0 Å². The van der Waals surface area contributed by atoms with Crippen LogP contribution in [0, 0.1) is 0 Å². The molecule has 31 heteroatoms. The van der Waals surface area contributed by atoms with Crippen molar-refractivity contribution in [3.63, 3.8) is 0 Å². The van der Waals surface area contributed by atoms with Gasteiger partial charge in [0.05, 0.1) is 114 Å². The molecule has 4 aromatic carbocycles. The van der Waals surface area contributed by atoms with E-state index in [2.05, 4.69) is 0 Å². The second kappa shape index (κ2) is 30.7. The molecule has 1 aliphatic carbocycles. The second-order valence-electron chi connectivity index (χ2n) is 21.5. The first-order valence-corrected chi connectivity index (χ1v) is 34.0. The third-order valence-corrected chi connectivity index (χ3v) is 18.7. The highest BCUT2D eigenvalue weighted by Crippen LogP contribution is 2.54. The van der Waals surface area contributed by atoms with Gasteiger partial charge in [0, 0.05) is 85.5 Å². The molecule has 1 unspecified atom stereocenters. The largest absolute Gasteiger partial charge is 0.446 e. The lowest BCUT2D eigenvalue weighted by molar-refractivity contribution is -0.442. The Kier molecular flexibility index (Phi) is 24.5. The third-order valence-electron chi connectivity index (χ3n) is 15.2. The van der Waals surface area contributed by atoms with Crippen molar-refractivity contribution < 1.29 is 118 Å². The van der Waals surface area contributed by atoms with Crippen LogP contribution in [0.15, 0.2) is 92.0 Å². The number of rotatable bonds is 37. The van der Waals surface area contributed by atoms with Crippen LogP contribution in [0.3, 0.4) is 0 Å². The summed E-state index contributed by atoms with van der Waals surface area (Å²) in [6, 6.07) is 9.75. The molecule has 4 aromatic rings. The minimum atomic E-state index is -5.09. The number of carbonyl (C=O) groups is 3. The summed E-state index contributed by atoms with van der Waals surface area (Å²) < 4.78 is 201. The summed E-state index contributed by atoms with van der Waals surface area (Å²) in [5.41, 5.74) is 0.739. The number of esters is 1. The predicted molar refractivity (Wildman–Crippen MR) is 320 cm³/mol. The topological polar surface area (TPSA) is 367 Å². The van der Waals surface area contributed by atoms with Gasteiger partial charge < -0.3 is 52.3 Å². The van der Waals surface area contributed by atoms with E-state index in [9.17, 15) is 66.3 Å². The van der Waals surface area contributed by atoms with E-state index in [1.165, 1.54) is 19.2 Å². The van der Waals surface area contributed by atoms with Crippen LogP contribution in [-0.4, -0.2) is 219 Å². The molecule has 1 fully saturated rings. The summed E-state index contributed by atoms with van der Waals surface area (Å²) in [5.74, 6) is -1.54. The highest BCUT2D eigenvalue weighted by atomic mass is 32.2. The van der Waals surface area contributed by atoms with Gasteiger partial charge in [-0.3, -0.25) is 32.6 Å². The van der Waals surface area contributed by atoms with Gasteiger partial charge in [0.1, 0.15) is 16.4 Å². The maximum Gasteiger partial charge on any atom is 0.309 e. The fraction of sp³-hybridized carbons (Fsp3) is 0.517. The van der Waals surface area contributed by atoms with Crippen LogP contribution in [0.4, 0.5) is 11.4 Å². The normalized spacial score (nSPS) is 17.8. The van der Waals surface area contributed by atoms with Gasteiger partial charge in [0.15, 0.2) is 23.8 Å². The fourth-order valence-corrected chi connectivity index (χ4v) is 13.7. The first-order valence-electron chi connectivity index (χ1n) is 28.3. The number of hydrogen-bond donors (Lipinski definition) is 4. The summed E-state index contributed by atoms with van der Waals surface area (Å²) in [6.07, 6.45) is 4.15. The van der Waals surface area contributed by atoms with Crippen LogP contribution < -0.4 is 4.90 Å². The average molecular weight is 1330 g/mol. The van der Waals surface area contributed by atoms with E-state index in [0.717, 1.165) is 12.1 Å². The van der Waals surface area contributed by atoms with Crippen LogP contribution >= 0.6 is 0 Å². The van der Waals surface area contributed by atoms with Crippen molar-refractivity contribution in [3.8, 4) is 0 Å². The van der Waals surface area contributed by atoms with Crippen molar-refractivity contribution in [1.82, 2.24) is 0 Å². The molecule has 1 atom stereocenters. The van der Waals surface area contributed by atoms with Crippen molar-refractivity contribution >= 4 is 96.6 Å². The van der Waals surface area contributed by atoms with E-state index in [0.29, 0.717) is 72.5 Å². The molecule has 2 aliphatic heterocycles. The number of carbonyl (C=O) groups excluding carboxylic acids is 3. The van der Waals surface area contributed by atoms with Gasteiger partial charge in [-0.25, -0.2) is 0 Å². The third kappa shape index (κ3) is 17.5. The molecule has 0 aromatic heterocycles. The van der Waals surface area contributed by atoms with Gasteiger partial charge in [0.2, 0.25) is 11.8 Å². The van der Waals surface area contributed by atoms with E-state index in [1.807, 2.05) is 30.2 Å². The lowest BCUT2D eigenvalue weighted by Crippen LogP contribution is -2.32. The number of Topliss-reactive ketones (excluding diaryl/α,β-unsaturated/α-hetero) is 2. The molecule has 2 heterocycles. The molecular formula is C58H75N2O25S4+. The maximum absolute atomic E-state index is 13.0. The summed E-state index contributed by atoms with van der Waals surface area (Å²) in [7, 11) is -17.2. The SMILES string of the molecule is COCCOCCOCCOCCC1(C)C(=CC=CC2=[N+](CCOCCOCCOCCOCCC(=O)OC3C(=O)CCC3=O)c3ccc4c(S(=O)(=O)O)cc(S(=O)(=O)O)cc4c3C2(C)C)N(CCOC)c2ccc3c(S(=O)(=O)O)cc(S(=O)(=O)O)cc3c21. The highest BCUT2D eigenvalue weighted by molar-refractivity contribution is 7.87. The number of nitrogens with zero attached hydrogens (tertiary/aromatic N) is 2. The van der Waals surface area contributed by atoms with E-state index < -0.39 is 94.5 Å². The Morgan fingerprint density at radius 2 is 1.03 bits per heavy atom. The minimum absolute atomic E-state index is 0.00150. The smallest absolute Gasteiger partial charge is 0.309 e. The number of ether oxygens (including phenoxy) is 10. The predicted octanol–water partition coefficient (Wildman–Crippen LogP) is 4.61. The highest BCUT2D eigenvalue weighted by Gasteiger charge is 2.48. The first kappa shape index (κ1) is 70.9. The summed E-state index contributed by atoms with van der Waals surface area (Å²) >= 11 is 0. The zero-order valence-electron chi connectivity index (χ0n) is 49.9. The molecule has 0 saturated heterocycles. The average Bonchev–Trinajstić information content (AvgIpc) is 1.62. The molecule has 0 bridgehead atoms. The number of hydrogen-bond acceptors (Lipinski definition) is 22. The van der Waals surface area contributed by atoms with Crippen molar-refractivity contribution in [2.75, 3.05) is 138 Å². The standard InChI is InChI=1S/C58H74N2O25S4/c1-57(2)51(7-6-8-52-58(3,16-20-79-26-29-83-32-31-81-24-23-77-5)55-44-36-40(87(67,68)69)38-50(89(73,74)75)42(44)10-12-46(55)60(52)17-21-76-4)59(45-11-9-41-43(54(45)57)35-39(86(64,65)66)37-49(41)88(70,71)72)18-22-80-27-30-84-34-33-82-28-25-78-19-15-53(63)85-56-47(61)13-14-48(56)62/h6-12,35-38,56H,13-34H2,1-5H3,(H3-,64,65,66,67,68,69,70,71,72,73,74,75)/p+1. The first-order chi connectivity index (χ1) is 42.0. The number of benzene rings is 4. The monoisotopic (exact) mass is 1330 g/mol. The fourth-order valence-electron chi connectivity index (χ4n) is 11.1. The van der Waals surface area contributed by atoms with Gasteiger partial charge >= 0.3 is 5.97 Å². The molecule has 27 nitrogen and oxygen atoms in total. The van der Waals surface area contributed by atoms with E-state index in [1.54, 1.807) is 37.5 Å². The van der Waals surface area contributed by atoms with Crippen molar-refractivity contribution in [1.29, 1.82) is 0 Å². The molecular weight excluding hydrogens is 1250 g/mol. The van der Waals surface area contributed by atoms with Crippen LogP contribution in [0.5, 0.6) is 0 Å². The van der Waals surface area contributed by atoms with Crippen LogP contribution in [0.2, 0.25) is 0 Å². The summed E-state index contributed by atoms with van der Waals surface area (Å²) in [4.78, 5) is 34.3. The number of anilines is 1. The quantitative estimate of drug-likeness (QED) is 0.0157. The van der Waals surface area contributed by atoms with Gasteiger partial charge in [0.25, 0.3) is 40.5 Å². The molecule has 4 N–H and O–H groups in total. The zero-order chi connectivity index (χ0) is 65.0.